The van der Waals surface area contributed by atoms with Crippen molar-refractivity contribution in [3.63, 3.8) is 0 Å². The highest BCUT2D eigenvalue weighted by molar-refractivity contribution is 9.10. The van der Waals surface area contributed by atoms with Crippen molar-refractivity contribution < 1.29 is 26.7 Å². The topological polar surface area (TPSA) is 20.3 Å². The molecule has 0 atom stereocenters. The summed E-state index contributed by atoms with van der Waals surface area (Å²) in [6, 6.07) is 1.50. The summed E-state index contributed by atoms with van der Waals surface area (Å²) in [6.07, 6.45) is -6.10. The molecule has 0 unspecified atom stereocenters. The van der Waals surface area contributed by atoms with Gasteiger partial charge in [-0.3, -0.25) is 4.79 Å². The van der Waals surface area contributed by atoms with Crippen LogP contribution in [0.1, 0.15) is 15.9 Å². The van der Waals surface area contributed by atoms with Crippen molar-refractivity contribution in [2.24, 2.45) is 0 Å². The molecular formula is C11H7BrF5NO. The van der Waals surface area contributed by atoms with Gasteiger partial charge in [0, 0.05) is 4.47 Å². The van der Waals surface area contributed by atoms with Crippen molar-refractivity contribution in [2.75, 3.05) is 13.1 Å². The number of halogens is 6. The van der Waals surface area contributed by atoms with Crippen LogP contribution in [0.15, 0.2) is 16.6 Å². The van der Waals surface area contributed by atoms with Crippen molar-refractivity contribution >= 4 is 21.8 Å². The van der Waals surface area contributed by atoms with Crippen LogP contribution in [0.4, 0.5) is 22.0 Å². The lowest BCUT2D eigenvalue weighted by Crippen LogP contribution is -2.51. The van der Waals surface area contributed by atoms with Crippen molar-refractivity contribution in [2.45, 2.75) is 12.3 Å². The van der Waals surface area contributed by atoms with Crippen molar-refractivity contribution in [3.8, 4) is 0 Å². The van der Waals surface area contributed by atoms with E-state index in [0.29, 0.717) is 6.07 Å². The summed E-state index contributed by atoms with van der Waals surface area (Å²) in [5.74, 6) is -2.60. The molecule has 1 aliphatic heterocycles. The SMILES string of the molecule is O=C(c1c(Br)ccc(C(F)(F)F)c1F)N1CC(F)C1. The third kappa shape index (κ3) is 2.58. The van der Waals surface area contributed by atoms with E-state index in [4.69, 9.17) is 0 Å². The molecule has 1 fully saturated rings. The maximum atomic E-state index is 13.8. The van der Waals surface area contributed by atoms with Gasteiger partial charge in [-0.15, -0.1) is 0 Å². The summed E-state index contributed by atoms with van der Waals surface area (Å²) in [7, 11) is 0. The normalized spacial score (nSPS) is 16.4. The Kier molecular flexibility index (Phi) is 3.55. The fraction of sp³-hybridized carbons (Fsp3) is 0.364. The lowest BCUT2D eigenvalue weighted by molar-refractivity contribution is -0.140. The first-order valence-electron chi connectivity index (χ1n) is 5.20. The van der Waals surface area contributed by atoms with Crippen molar-refractivity contribution in [1.82, 2.24) is 4.90 Å². The number of nitrogens with zero attached hydrogens (tertiary/aromatic N) is 1. The Morgan fingerprint density at radius 3 is 2.37 bits per heavy atom. The second-order valence-corrected chi connectivity index (χ2v) is 4.94. The molecule has 19 heavy (non-hydrogen) atoms. The molecule has 2 rings (SSSR count). The first-order valence-corrected chi connectivity index (χ1v) is 5.99. The highest BCUT2D eigenvalue weighted by Crippen LogP contribution is 2.35. The Balaban J connectivity index is 2.42. The van der Waals surface area contributed by atoms with Gasteiger partial charge < -0.3 is 4.90 Å². The summed E-state index contributed by atoms with van der Waals surface area (Å²) in [4.78, 5) is 12.8. The van der Waals surface area contributed by atoms with E-state index >= 15 is 0 Å². The summed E-state index contributed by atoms with van der Waals surface area (Å²) < 4.78 is 64.0. The highest BCUT2D eigenvalue weighted by Gasteiger charge is 2.39. The zero-order chi connectivity index (χ0) is 14.4. The fourth-order valence-electron chi connectivity index (χ4n) is 1.72. The number of hydrogen-bond acceptors (Lipinski definition) is 1. The van der Waals surface area contributed by atoms with E-state index in [9.17, 15) is 26.7 Å². The summed E-state index contributed by atoms with van der Waals surface area (Å²) >= 11 is 2.84. The standard InChI is InChI=1S/C11H7BrF5NO/c12-7-2-1-6(11(15,16)17)9(14)8(7)10(19)18-3-5(13)4-18/h1-2,5H,3-4H2. The Labute approximate surface area is 113 Å². The van der Waals surface area contributed by atoms with Gasteiger partial charge in [-0.2, -0.15) is 13.2 Å². The first-order chi connectivity index (χ1) is 8.71. The number of carbonyl (C=O) groups excluding carboxylic acids is 1. The zero-order valence-electron chi connectivity index (χ0n) is 9.27. The van der Waals surface area contributed by atoms with E-state index in [1.54, 1.807) is 0 Å². The number of amides is 1. The second-order valence-electron chi connectivity index (χ2n) is 4.09. The Morgan fingerprint density at radius 1 is 1.32 bits per heavy atom. The largest absolute Gasteiger partial charge is 0.419 e. The van der Waals surface area contributed by atoms with Gasteiger partial charge in [-0.05, 0) is 28.1 Å². The molecule has 1 aromatic rings. The Morgan fingerprint density at radius 2 is 1.89 bits per heavy atom. The fourth-order valence-corrected chi connectivity index (χ4v) is 2.19. The van der Waals surface area contributed by atoms with Crippen molar-refractivity contribution in [1.29, 1.82) is 0 Å². The quantitative estimate of drug-likeness (QED) is 0.715. The van der Waals surface area contributed by atoms with E-state index < -0.39 is 35.2 Å². The molecule has 8 heteroatoms. The predicted octanol–water partition coefficient (Wildman–Crippen LogP) is 3.40. The maximum absolute atomic E-state index is 13.8. The molecule has 1 saturated heterocycles. The molecule has 1 aromatic carbocycles. The van der Waals surface area contributed by atoms with Crippen LogP contribution in [-0.2, 0) is 6.18 Å². The van der Waals surface area contributed by atoms with Crippen LogP contribution >= 0.6 is 15.9 Å². The second kappa shape index (κ2) is 4.73. The van der Waals surface area contributed by atoms with Crippen LogP contribution in [0.2, 0.25) is 0 Å². The molecule has 0 radical (unpaired) electrons. The minimum absolute atomic E-state index is 0.0923. The van der Waals surface area contributed by atoms with Gasteiger partial charge in [0.15, 0.2) is 0 Å². The molecule has 0 bridgehead atoms. The van der Waals surface area contributed by atoms with Gasteiger partial charge in [0.05, 0.1) is 24.2 Å². The van der Waals surface area contributed by atoms with E-state index in [1.807, 2.05) is 0 Å². The number of likely N-dealkylation sites (tertiary alicyclic amines) is 1. The van der Waals surface area contributed by atoms with Crippen LogP contribution < -0.4 is 0 Å². The molecule has 1 amide bonds. The van der Waals surface area contributed by atoms with Gasteiger partial charge in [0.25, 0.3) is 5.91 Å². The summed E-state index contributed by atoms with van der Waals surface area (Å²) in [5, 5.41) is 0. The van der Waals surface area contributed by atoms with Gasteiger partial charge in [-0.25, -0.2) is 8.78 Å². The average Bonchev–Trinajstić information content (AvgIpc) is 2.22. The molecule has 0 spiro atoms. The van der Waals surface area contributed by atoms with Crippen LogP contribution in [0.25, 0.3) is 0 Å². The van der Waals surface area contributed by atoms with E-state index in [1.165, 1.54) is 0 Å². The molecule has 0 saturated carbocycles. The third-order valence-electron chi connectivity index (χ3n) is 2.73. The maximum Gasteiger partial charge on any atom is 0.419 e. The molecule has 0 aromatic heterocycles. The van der Waals surface area contributed by atoms with Gasteiger partial charge in [0.2, 0.25) is 0 Å². The molecular weight excluding hydrogens is 337 g/mol. The lowest BCUT2D eigenvalue weighted by atomic mass is 10.1. The predicted molar refractivity (Wildman–Crippen MR) is 59.9 cm³/mol. The minimum Gasteiger partial charge on any atom is -0.333 e. The number of hydrogen-bond donors (Lipinski definition) is 0. The number of benzene rings is 1. The van der Waals surface area contributed by atoms with Crippen LogP contribution in [-0.4, -0.2) is 30.1 Å². The molecule has 1 aliphatic rings. The van der Waals surface area contributed by atoms with Crippen LogP contribution in [0.3, 0.4) is 0 Å². The highest BCUT2D eigenvalue weighted by atomic mass is 79.9. The van der Waals surface area contributed by atoms with Gasteiger partial charge >= 0.3 is 6.18 Å². The Bertz CT molecular complexity index is 525. The van der Waals surface area contributed by atoms with E-state index in [-0.39, 0.29) is 17.6 Å². The first kappa shape index (κ1) is 14.2. The lowest BCUT2D eigenvalue weighted by Gasteiger charge is -2.34. The summed E-state index contributed by atoms with van der Waals surface area (Å²) in [6.45, 7) is -0.470. The van der Waals surface area contributed by atoms with Gasteiger partial charge in [0.1, 0.15) is 12.0 Å². The van der Waals surface area contributed by atoms with Crippen molar-refractivity contribution in [3.05, 3.63) is 33.5 Å². The minimum atomic E-state index is -4.89. The van der Waals surface area contributed by atoms with E-state index in [0.717, 1.165) is 11.0 Å². The number of carbonyl (C=O) groups is 1. The molecule has 1 heterocycles. The number of rotatable bonds is 1. The molecule has 104 valence electrons. The zero-order valence-corrected chi connectivity index (χ0v) is 10.9. The van der Waals surface area contributed by atoms with Crippen LogP contribution in [0.5, 0.6) is 0 Å². The molecule has 2 nitrogen and oxygen atoms in total. The average molecular weight is 344 g/mol. The molecule has 0 aliphatic carbocycles. The smallest absolute Gasteiger partial charge is 0.333 e. The van der Waals surface area contributed by atoms with Gasteiger partial charge in [-0.1, -0.05) is 0 Å². The third-order valence-corrected chi connectivity index (χ3v) is 3.40. The van der Waals surface area contributed by atoms with E-state index in [2.05, 4.69) is 15.9 Å². The van der Waals surface area contributed by atoms with Crippen LogP contribution in [0, 0.1) is 5.82 Å². The Hall–Kier alpha value is -1.18. The molecule has 0 N–H and O–H groups in total. The summed E-state index contributed by atoms with van der Waals surface area (Å²) in [5.41, 5.74) is -2.24. The number of alkyl halides is 4. The monoisotopic (exact) mass is 343 g/mol.